The summed E-state index contributed by atoms with van der Waals surface area (Å²) in [5.74, 6) is 1.01. The molecular weight excluding hydrogens is 275 g/mol. The Labute approximate surface area is 102 Å². The first-order valence-electron chi connectivity index (χ1n) is 4.70. The summed E-state index contributed by atoms with van der Waals surface area (Å²) in [5.41, 5.74) is 0.967. The first-order valence-corrected chi connectivity index (χ1v) is 5.87. The largest absolute Gasteiger partial charge is 0.302 e. The molecular formula is C11H10BrClN2. The van der Waals surface area contributed by atoms with E-state index in [1.54, 1.807) is 6.20 Å². The maximum atomic E-state index is 6.17. The zero-order valence-corrected chi connectivity index (χ0v) is 10.6. The van der Waals surface area contributed by atoms with E-state index in [-0.39, 0.29) is 0 Å². The number of hydrogen-bond acceptors (Lipinski definition) is 1. The molecule has 0 radical (unpaired) electrons. The van der Waals surface area contributed by atoms with Crippen LogP contribution in [0, 0.1) is 0 Å². The van der Waals surface area contributed by atoms with Crippen molar-refractivity contribution in [1.29, 1.82) is 0 Å². The Morgan fingerprint density at radius 3 is 2.93 bits per heavy atom. The lowest BCUT2D eigenvalue weighted by atomic mass is 10.3. The standard InChI is InChI=1S/C11H10BrClN2/c1-2-11-14-5-6-15(11)10-4-3-8(12)7-9(10)13/h3-7H,2H2,1H3. The van der Waals surface area contributed by atoms with E-state index < -0.39 is 0 Å². The van der Waals surface area contributed by atoms with Crippen LogP contribution in [0.25, 0.3) is 5.69 Å². The molecule has 4 heteroatoms. The molecule has 0 aliphatic rings. The Balaban J connectivity index is 2.54. The smallest absolute Gasteiger partial charge is 0.112 e. The van der Waals surface area contributed by atoms with E-state index in [1.807, 2.05) is 29.0 Å². The van der Waals surface area contributed by atoms with Crippen LogP contribution in [0.15, 0.2) is 35.1 Å². The molecule has 0 bridgehead atoms. The summed E-state index contributed by atoms with van der Waals surface area (Å²) in [4.78, 5) is 4.27. The van der Waals surface area contributed by atoms with Crippen LogP contribution in [0.1, 0.15) is 12.7 Å². The van der Waals surface area contributed by atoms with Crippen molar-refractivity contribution in [3.05, 3.63) is 45.9 Å². The van der Waals surface area contributed by atoms with Gasteiger partial charge >= 0.3 is 0 Å². The topological polar surface area (TPSA) is 17.8 Å². The summed E-state index contributed by atoms with van der Waals surface area (Å²) in [6.07, 6.45) is 4.60. The molecule has 0 spiro atoms. The van der Waals surface area contributed by atoms with Gasteiger partial charge in [0.2, 0.25) is 0 Å². The molecule has 0 saturated heterocycles. The van der Waals surface area contributed by atoms with Gasteiger partial charge < -0.3 is 4.57 Å². The third-order valence-corrected chi connectivity index (χ3v) is 3.00. The van der Waals surface area contributed by atoms with Crippen molar-refractivity contribution in [3.63, 3.8) is 0 Å². The normalized spacial score (nSPS) is 10.6. The van der Waals surface area contributed by atoms with Crippen molar-refractivity contribution >= 4 is 27.5 Å². The third kappa shape index (κ3) is 2.08. The minimum atomic E-state index is 0.720. The molecule has 0 N–H and O–H groups in total. The summed E-state index contributed by atoms with van der Waals surface area (Å²) < 4.78 is 2.99. The van der Waals surface area contributed by atoms with Crippen LogP contribution in [0.3, 0.4) is 0 Å². The van der Waals surface area contributed by atoms with Gasteiger partial charge in [-0.3, -0.25) is 0 Å². The molecule has 2 rings (SSSR count). The van der Waals surface area contributed by atoms with E-state index in [1.165, 1.54) is 0 Å². The fraction of sp³-hybridized carbons (Fsp3) is 0.182. The molecule has 0 aliphatic carbocycles. The van der Waals surface area contributed by atoms with Crippen LogP contribution in [-0.4, -0.2) is 9.55 Å². The first-order chi connectivity index (χ1) is 7.22. The average Bonchev–Trinajstić information content (AvgIpc) is 2.65. The van der Waals surface area contributed by atoms with Gasteiger partial charge in [0.1, 0.15) is 5.82 Å². The van der Waals surface area contributed by atoms with Crippen molar-refractivity contribution < 1.29 is 0 Å². The highest BCUT2D eigenvalue weighted by atomic mass is 79.9. The quantitative estimate of drug-likeness (QED) is 0.819. The molecule has 1 aromatic carbocycles. The van der Waals surface area contributed by atoms with E-state index in [0.717, 1.165) is 27.4 Å². The lowest BCUT2D eigenvalue weighted by Crippen LogP contribution is -1.99. The molecule has 0 aliphatic heterocycles. The summed E-state index contributed by atoms with van der Waals surface area (Å²) in [5, 5.41) is 0.720. The number of aryl methyl sites for hydroxylation is 1. The Kier molecular flexibility index (Phi) is 3.12. The van der Waals surface area contributed by atoms with Gasteiger partial charge in [0.05, 0.1) is 10.7 Å². The number of nitrogens with zero attached hydrogens (tertiary/aromatic N) is 2. The van der Waals surface area contributed by atoms with Gasteiger partial charge in [-0.15, -0.1) is 0 Å². The SMILES string of the molecule is CCc1nccn1-c1ccc(Br)cc1Cl. The number of hydrogen-bond donors (Lipinski definition) is 0. The molecule has 78 valence electrons. The fourth-order valence-corrected chi connectivity index (χ4v) is 2.26. The van der Waals surface area contributed by atoms with E-state index in [0.29, 0.717) is 0 Å². The van der Waals surface area contributed by atoms with Gasteiger partial charge in [0, 0.05) is 23.3 Å². The summed E-state index contributed by atoms with van der Waals surface area (Å²) in [6.45, 7) is 2.07. The second-order valence-electron chi connectivity index (χ2n) is 3.16. The van der Waals surface area contributed by atoms with Crippen molar-refractivity contribution in [2.24, 2.45) is 0 Å². The molecule has 2 aromatic rings. The molecule has 15 heavy (non-hydrogen) atoms. The number of aromatic nitrogens is 2. The molecule has 0 atom stereocenters. The van der Waals surface area contributed by atoms with Gasteiger partial charge in [0.15, 0.2) is 0 Å². The second kappa shape index (κ2) is 4.37. The zero-order valence-electron chi connectivity index (χ0n) is 8.24. The molecule has 2 nitrogen and oxygen atoms in total. The number of rotatable bonds is 2. The average molecular weight is 286 g/mol. The maximum Gasteiger partial charge on any atom is 0.112 e. The fourth-order valence-electron chi connectivity index (χ4n) is 1.49. The van der Waals surface area contributed by atoms with Crippen molar-refractivity contribution in [2.75, 3.05) is 0 Å². The molecule has 0 fully saturated rings. The van der Waals surface area contributed by atoms with Crippen molar-refractivity contribution in [2.45, 2.75) is 13.3 Å². The lowest BCUT2D eigenvalue weighted by Gasteiger charge is -2.08. The van der Waals surface area contributed by atoms with Crippen LogP contribution in [-0.2, 0) is 6.42 Å². The zero-order chi connectivity index (χ0) is 10.8. The van der Waals surface area contributed by atoms with Gasteiger partial charge in [-0.25, -0.2) is 4.98 Å². The number of imidazole rings is 1. The van der Waals surface area contributed by atoms with E-state index in [9.17, 15) is 0 Å². The summed E-state index contributed by atoms with van der Waals surface area (Å²) in [6, 6.07) is 5.84. The monoisotopic (exact) mass is 284 g/mol. The van der Waals surface area contributed by atoms with E-state index in [2.05, 4.69) is 27.8 Å². The highest BCUT2D eigenvalue weighted by Gasteiger charge is 2.06. The van der Waals surface area contributed by atoms with Crippen molar-refractivity contribution in [3.8, 4) is 5.69 Å². The predicted octanol–water partition coefficient (Wildman–Crippen LogP) is 3.85. The van der Waals surface area contributed by atoms with Crippen LogP contribution in [0.5, 0.6) is 0 Å². The Morgan fingerprint density at radius 2 is 2.27 bits per heavy atom. The Bertz CT molecular complexity index is 479. The highest BCUT2D eigenvalue weighted by Crippen LogP contribution is 2.25. The highest BCUT2D eigenvalue weighted by molar-refractivity contribution is 9.10. The van der Waals surface area contributed by atoms with Crippen LogP contribution >= 0.6 is 27.5 Å². The first kappa shape index (κ1) is 10.7. The predicted molar refractivity (Wildman–Crippen MR) is 65.7 cm³/mol. The molecule has 1 aromatic heterocycles. The molecule has 0 amide bonds. The van der Waals surface area contributed by atoms with E-state index >= 15 is 0 Å². The van der Waals surface area contributed by atoms with E-state index in [4.69, 9.17) is 11.6 Å². The molecule has 1 heterocycles. The van der Waals surface area contributed by atoms with Crippen LogP contribution < -0.4 is 0 Å². The lowest BCUT2D eigenvalue weighted by molar-refractivity contribution is 0.891. The van der Waals surface area contributed by atoms with Gasteiger partial charge in [0.25, 0.3) is 0 Å². The second-order valence-corrected chi connectivity index (χ2v) is 4.49. The van der Waals surface area contributed by atoms with Gasteiger partial charge in [-0.05, 0) is 18.2 Å². The summed E-state index contributed by atoms with van der Waals surface area (Å²) >= 11 is 9.56. The molecule has 0 unspecified atom stereocenters. The Hall–Kier alpha value is -0.800. The summed E-state index contributed by atoms with van der Waals surface area (Å²) in [7, 11) is 0. The number of benzene rings is 1. The number of halogens is 2. The maximum absolute atomic E-state index is 6.17. The minimum absolute atomic E-state index is 0.720. The van der Waals surface area contributed by atoms with Gasteiger partial charge in [-0.2, -0.15) is 0 Å². The Morgan fingerprint density at radius 1 is 1.47 bits per heavy atom. The molecule has 0 saturated carbocycles. The van der Waals surface area contributed by atoms with Crippen LogP contribution in [0.4, 0.5) is 0 Å². The third-order valence-electron chi connectivity index (χ3n) is 2.20. The van der Waals surface area contributed by atoms with Crippen LogP contribution in [0.2, 0.25) is 5.02 Å². The van der Waals surface area contributed by atoms with Crippen molar-refractivity contribution in [1.82, 2.24) is 9.55 Å². The van der Waals surface area contributed by atoms with Gasteiger partial charge in [-0.1, -0.05) is 34.5 Å². The minimum Gasteiger partial charge on any atom is -0.302 e.